The lowest BCUT2D eigenvalue weighted by Gasteiger charge is -2.39. The molecule has 3 aliphatic rings. The number of aromatic nitrogens is 2. The Balaban J connectivity index is 1.07. The summed E-state index contributed by atoms with van der Waals surface area (Å²) in [6.45, 7) is 8.92. The number of benzene rings is 3. The first kappa shape index (κ1) is 38.4. The molecule has 0 radical (unpaired) electrons. The van der Waals surface area contributed by atoms with E-state index in [4.69, 9.17) is 23.8 Å². The molecule has 61 heavy (non-hydrogen) atoms. The first-order valence-corrected chi connectivity index (χ1v) is 22.3. The van der Waals surface area contributed by atoms with Crippen molar-refractivity contribution in [2.45, 2.75) is 50.8 Å². The average molecular weight is 871 g/mol. The van der Waals surface area contributed by atoms with Gasteiger partial charge in [-0.15, -0.1) is 0 Å². The predicted octanol–water partition coefficient (Wildman–Crippen LogP) is 8.66. The van der Waals surface area contributed by atoms with Crippen LogP contribution in [0.1, 0.15) is 66.0 Å². The fourth-order valence-corrected chi connectivity index (χ4v) is 9.25. The zero-order chi connectivity index (χ0) is 45.3. The number of nitrogens with one attached hydrogen (secondary N) is 3. The van der Waals surface area contributed by atoms with Crippen molar-refractivity contribution < 1.29 is 31.7 Å². The minimum atomic E-state index is -4.80. The number of hydrogen-bond donors (Lipinski definition) is 3. The summed E-state index contributed by atoms with van der Waals surface area (Å²) in [7, 11) is -4.80. The maximum Gasteiger partial charge on any atom is 0.293 e. The minimum Gasteiger partial charge on any atom is -0.455 e. The number of carbonyl (C=O) groups is 1. The van der Waals surface area contributed by atoms with Gasteiger partial charge >= 0.3 is 0 Å². The summed E-state index contributed by atoms with van der Waals surface area (Å²) in [4.78, 5) is 36.5. The van der Waals surface area contributed by atoms with E-state index in [2.05, 4.69) is 46.2 Å². The predicted molar refractivity (Wildman–Crippen MR) is 237 cm³/mol. The summed E-state index contributed by atoms with van der Waals surface area (Å²) in [6.07, 6.45) is 7.57. The number of nitro groups is 1. The summed E-state index contributed by atoms with van der Waals surface area (Å²) in [5, 5.41) is 16.5. The largest absolute Gasteiger partial charge is 0.455 e. The van der Waals surface area contributed by atoms with Crippen LogP contribution in [0.15, 0.2) is 95.6 Å². The highest BCUT2D eigenvalue weighted by atomic mass is 35.5. The van der Waals surface area contributed by atoms with Crippen LogP contribution in [0.25, 0.3) is 16.6 Å². The molecule has 0 saturated carbocycles. The molecule has 1 aliphatic carbocycles. The lowest BCUT2D eigenvalue weighted by Crippen LogP contribution is -2.47. The third-order valence-corrected chi connectivity index (χ3v) is 13.3. The molecule has 0 unspecified atom stereocenters. The molecule has 2 aliphatic heterocycles. The number of nitrogens with zero attached hydrogens (tertiary/aromatic N) is 4. The second kappa shape index (κ2) is 17.9. The quantitative estimate of drug-likeness (QED) is 0.0764. The highest BCUT2D eigenvalue weighted by Gasteiger charge is 2.31. The number of H-pyrrole nitrogens is 1. The van der Waals surface area contributed by atoms with E-state index >= 15 is 0 Å². The molecule has 8 rings (SSSR count). The van der Waals surface area contributed by atoms with Crippen molar-refractivity contribution in [3.8, 4) is 11.5 Å². The number of amides is 1. The van der Waals surface area contributed by atoms with Crippen LogP contribution in [0.3, 0.4) is 0 Å². The van der Waals surface area contributed by atoms with E-state index in [-0.39, 0.29) is 34.5 Å². The molecule has 5 aromatic rings. The van der Waals surface area contributed by atoms with Crippen molar-refractivity contribution in [3.05, 3.63) is 117 Å². The number of carbonyl (C=O) groups excluding carboxylic acids is 1. The van der Waals surface area contributed by atoms with Gasteiger partial charge in [-0.25, -0.2) is 18.1 Å². The number of piperazine rings is 1. The molecule has 4 heterocycles. The Morgan fingerprint density at radius 3 is 2.62 bits per heavy atom. The van der Waals surface area contributed by atoms with Gasteiger partial charge in [-0.3, -0.25) is 19.8 Å². The molecular formula is C45H50ClN7O7S. The number of hydrogen-bond acceptors (Lipinski definition) is 11. The number of anilines is 2. The second-order valence-electron chi connectivity index (χ2n) is 16.6. The van der Waals surface area contributed by atoms with Gasteiger partial charge in [-0.2, -0.15) is 0 Å². The number of ether oxygens (including phenoxy) is 2. The van der Waals surface area contributed by atoms with Crippen LogP contribution < -0.4 is 19.7 Å². The molecular weight excluding hydrogens is 818 g/mol. The topological polar surface area (TPSA) is 172 Å². The lowest BCUT2D eigenvalue weighted by atomic mass is 9.72. The van der Waals surface area contributed by atoms with Crippen molar-refractivity contribution in [2.75, 3.05) is 62.7 Å². The van der Waals surface area contributed by atoms with Gasteiger partial charge in [0.05, 0.1) is 25.7 Å². The van der Waals surface area contributed by atoms with Gasteiger partial charge < -0.3 is 24.7 Å². The fourth-order valence-electron chi connectivity index (χ4n) is 8.15. The van der Waals surface area contributed by atoms with Crippen molar-refractivity contribution in [1.82, 2.24) is 19.6 Å². The Labute approximate surface area is 364 Å². The van der Waals surface area contributed by atoms with Crippen LogP contribution in [0.5, 0.6) is 11.5 Å². The SMILES string of the molecule is [2H]c1c([2H])c(N2CCN(CC3=C(c4ccc(Cl)cc4)CC(C)(C)CC3)CC2)c([2H])c(Oc2cnc3[nH]ccc3c2)c1C(=O)NS(=O)(=O)c1ccc(NCC2CCOCC2)c([N+](=O)[O-])c1. The zero-order valence-electron chi connectivity index (χ0n) is 37.1. The van der Waals surface area contributed by atoms with Gasteiger partial charge in [0.1, 0.15) is 22.8 Å². The maximum atomic E-state index is 14.1. The van der Waals surface area contributed by atoms with E-state index in [1.54, 1.807) is 18.3 Å². The van der Waals surface area contributed by atoms with Crippen molar-refractivity contribution in [1.29, 1.82) is 0 Å². The molecule has 2 saturated heterocycles. The van der Waals surface area contributed by atoms with E-state index in [0.717, 1.165) is 56.3 Å². The van der Waals surface area contributed by atoms with Gasteiger partial charge in [-0.05, 0) is 103 Å². The van der Waals surface area contributed by atoms with Crippen LogP contribution >= 0.6 is 11.6 Å². The van der Waals surface area contributed by atoms with Crippen LogP contribution in [-0.4, -0.2) is 86.6 Å². The van der Waals surface area contributed by atoms with E-state index in [0.29, 0.717) is 62.0 Å². The van der Waals surface area contributed by atoms with Crippen LogP contribution in [0.2, 0.25) is 5.02 Å². The number of rotatable bonds is 13. The van der Waals surface area contributed by atoms with E-state index < -0.39 is 54.8 Å². The molecule has 0 atom stereocenters. The molecule has 320 valence electrons. The van der Waals surface area contributed by atoms with Crippen LogP contribution in [0.4, 0.5) is 17.1 Å². The normalized spacial score (nSPS) is 18.3. The van der Waals surface area contributed by atoms with E-state index in [9.17, 15) is 24.7 Å². The molecule has 2 aromatic heterocycles. The number of allylic oxidation sites excluding steroid dienone is 1. The number of halogens is 1. The summed E-state index contributed by atoms with van der Waals surface area (Å²) in [5.74, 6) is -1.47. The average Bonchev–Trinajstić information content (AvgIpc) is 3.74. The Morgan fingerprint density at radius 1 is 1.10 bits per heavy atom. The Bertz CT molecular complexity index is 2740. The summed E-state index contributed by atoms with van der Waals surface area (Å²) in [5.41, 5.74) is 3.58. The third-order valence-electron chi connectivity index (χ3n) is 11.7. The monoisotopic (exact) mass is 870 g/mol. The van der Waals surface area contributed by atoms with Crippen LogP contribution in [0, 0.1) is 21.4 Å². The summed E-state index contributed by atoms with van der Waals surface area (Å²) in [6, 6.07) is 13.1. The Hall–Kier alpha value is -5.48. The third kappa shape index (κ3) is 10.0. The fraction of sp³-hybridized carbons (Fsp3) is 0.378. The number of sulfonamides is 1. The molecule has 16 heteroatoms. The molecule has 1 amide bonds. The Kier molecular flexibility index (Phi) is 11.3. The van der Waals surface area contributed by atoms with Crippen molar-refractivity contribution in [2.24, 2.45) is 11.3 Å². The molecule has 2 fully saturated rings. The second-order valence-corrected chi connectivity index (χ2v) is 18.7. The van der Waals surface area contributed by atoms with Gasteiger partial charge in [0.25, 0.3) is 21.6 Å². The van der Waals surface area contributed by atoms with Crippen molar-refractivity contribution in [3.63, 3.8) is 0 Å². The molecule has 0 spiro atoms. The van der Waals surface area contributed by atoms with Crippen LogP contribution in [-0.2, 0) is 14.8 Å². The summed E-state index contributed by atoms with van der Waals surface area (Å²) < 4.78 is 68.8. The van der Waals surface area contributed by atoms with Gasteiger partial charge in [0.15, 0.2) is 0 Å². The number of pyridine rings is 1. The lowest BCUT2D eigenvalue weighted by molar-refractivity contribution is -0.384. The number of nitro benzene ring substituents is 1. The maximum absolute atomic E-state index is 14.1. The van der Waals surface area contributed by atoms with Gasteiger partial charge in [-0.1, -0.05) is 43.2 Å². The Morgan fingerprint density at radius 2 is 1.87 bits per heavy atom. The molecule has 14 nitrogen and oxygen atoms in total. The number of aromatic amines is 1. The first-order valence-electron chi connectivity index (χ1n) is 21.9. The highest BCUT2D eigenvalue weighted by Crippen LogP contribution is 2.43. The minimum absolute atomic E-state index is 0.0645. The standard InChI is InChI=1S/C45H50ClN7O7S/c1-45(2)15-11-33(39(26-45)31-3-5-34(46)6-4-31)29-51-17-19-52(20-18-51)35-7-9-38(42(24-35)60-36-23-32-12-16-47-43(32)49-28-36)44(54)50-61(57,58)37-8-10-40(41(25-37)53(55)56)48-27-30-13-21-59-22-14-30/h3-10,12,16,23-25,28,30,48H,11,13-15,17-22,26-27,29H2,1-2H3,(H,47,49)(H,50,54)/i7D,9D,24D. The molecule has 3 N–H and O–H groups in total. The smallest absolute Gasteiger partial charge is 0.293 e. The van der Waals surface area contributed by atoms with Gasteiger partial charge in [0, 0.05) is 86.9 Å². The molecule has 3 aromatic carbocycles. The van der Waals surface area contributed by atoms with Gasteiger partial charge in [0.2, 0.25) is 0 Å². The van der Waals surface area contributed by atoms with Crippen molar-refractivity contribution >= 4 is 61.2 Å². The zero-order valence-corrected chi connectivity index (χ0v) is 35.6. The molecule has 0 bridgehead atoms. The van der Waals surface area contributed by atoms with E-state index in [1.165, 1.54) is 23.4 Å². The first-order chi connectivity index (χ1) is 30.6. The van der Waals surface area contributed by atoms with E-state index in [1.807, 2.05) is 21.8 Å². The number of fused-ring (bicyclic) bond motifs is 1. The summed E-state index contributed by atoms with van der Waals surface area (Å²) >= 11 is 6.23. The highest BCUT2D eigenvalue weighted by molar-refractivity contribution is 7.90.